The summed E-state index contributed by atoms with van der Waals surface area (Å²) in [7, 11) is 1.81. The van der Waals surface area contributed by atoms with E-state index in [0.29, 0.717) is 10.6 Å². The Morgan fingerprint density at radius 2 is 1.82 bits per heavy atom. The van der Waals surface area contributed by atoms with Gasteiger partial charge < -0.3 is 5.32 Å². The van der Waals surface area contributed by atoms with Crippen molar-refractivity contribution in [1.82, 2.24) is 5.32 Å². The van der Waals surface area contributed by atoms with Crippen LogP contribution in [0, 0.1) is 5.82 Å². The molecule has 0 saturated carbocycles. The number of halogens is 2. The predicted molar refractivity (Wildman–Crippen MR) is 68.8 cm³/mol. The molecule has 2 rings (SSSR count). The molecule has 88 valence electrons. The van der Waals surface area contributed by atoms with Crippen molar-refractivity contribution in [2.45, 2.75) is 6.04 Å². The lowest BCUT2D eigenvalue weighted by molar-refractivity contribution is 0.576. The molecule has 0 amide bonds. The highest BCUT2D eigenvalue weighted by Crippen LogP contribution is 2.25. The van der Waals surface area contributed by atoms with E-state index in [1.54, 1.807) is 12.1 Å². The number of rotatable bonds is 3. The maximum atomic E-state index is 13.8. The van der Waals surface area contributed by atoms with E-state index in [1.807, 2.05) is 37.4 Å². The fraction of sp³-hybridized carbons (Fsp3) is 0.143. The summed E-state index contributed by atoms with van der Waals surface area (Å²) in [4.78, 5) is 0. The second-order valence-corrected chi connectivity index (χ2v) is 4.23. The molecule has 0 aliphatic carbocycles. The van der Waals surface area contributed by atoms with Gasteiger partial charge in [-0.25, -0.2) is 4.39 Å². The third-order valence-electron chi connectivity index (χ3n) is 2.70. The molecule has 0 saturated heterocycles. The van der Waals surface area contributed by atoms with Crippen molar-refractivity contribution >= 4 is 11.6 Å². The highest BCUT2D eigenvalue weighted by molar-refractivity contribution is 6.30. The molecule has 0 radical (unpaired) electrons. The van der Waals surface area contributed by atoms with Crippen LogP contribution in [0.4, 0.5) is 4.39 Å². The number of hydrogen-bond donors (Lipinski definition) is 1. The first-order chi connectivity index (χ1) is 8.22. The van der Waals surface area contributed by atoms with Gasteiger partial charge in [0.25, 0.3) is 0 Å². The lowest BCUT2D eigenvalue weighted by Gasteiger charge is -2.17. The average Bonchev–Trinajstić information content (AvgIpc) is 2.34. The third kappa shape index (κ3) is 2.65. The summed E-state index contributed by atoms with van der Waals surface area (Å²) in [5.41, 5.74) is 1.62. The van der Waals surface area contributed by atoms with Crippen LogP contribution < -0.4 is 5.32 Å². The Balaban J connectivity index is 2.42. The largest absolute Gasteiger partial charge is 0.309 e. The van der Waals surface area contributed by atoms with Gasteiger partial charge in [0.2, 0.25) is 0 Å². The van der Waals surface area contributed by atoms with Gasteiger partial charge >= 0.3 is 0 Å². The summed E-state index contributed by atoms with van der Waals surface area (Å²) < 4.78 is 13.8. The van der Waals surface area contributed by atoms with E-state index in [2.05, 4.69) is 5.32 Å². The summed E-state index contributed by atoms with van der Waals surface area (Å²) in [5, 5.41) is 3.52. The Hall–Kier alpha value is -1.38. The van der Waals surface area contributed by atoms with Gasteiger partial charge in [-0.1, -0.05) is 48.0 Å². The maximum absolute atomic E-state index is 13.8. The van der Waals surface area contributed by atoms with Gasteiger partial charge in [0.05, 0.1) is 6.04 Å². The molecule has 0 heterocycles. The molecule has 0 bridgehead atoms. The van der Waals surface area contributed by atoms with Gasteiger partial charge in [-0.3, -0.25) is 0 Å². The Morgan fingerprint density at radius 3 is 2.41 bits per heavy atom. The Bertz CT molecular complexity index is 499. The molecular formula is C14H13ClFN. The van der Waals surface area contributed by atoms with Crippen molar-refractivity contribution in [2.75, 3.05) is 7.05 Å². The molecule has 3 heteroatoms. The fourth-order valence-electron chi connectivity index (χ4n) is 1.88. The molecule has 1 nitrogen and oxygen atoms in total. The van der Waals surface area contributed by atoms with Crippen molar-refractivity contribution in [3.8, 4) is 0 Å². The van der Waals surface area contributed by atoms with E-state index in [-0.39, 0.29) is 11.9 Å². The smallest absolute Gasteiger partial charge is 0.129 e. The first-order valence-corrected chi connectivity index (χ1v) is 5.77. The molecule has 2 aromatic rings. The van der Waals surface area contributed by atoms with Crippen LogP contribution in [-0.2, 0) is 0 Å². The highest BCUT2D eigenvalue weighted by Gasteiger charge is 2.15. The second-order valence-electron chi connectivity index (χ2n) is 3.80. The zero-order chi connectivity index (χ0) is 12.3. The van der Waals surface area contributed by atoms with Crippen LogP contribution in [0.25, 0.3) is 0 Å². The molecule has 0 fully saturated rings. The van der Waals surface area contributed by atoms with Crippen LogP contribution in [0.15, 0.2) is 48.5 Å². The fourth-order valence-corrected chi connectivity index (χ4v) is 2.04. The minimum Gasteiger partial charge on any atom is -0.309 e. The first kappa shape index (κ1) is 12.1. The maximum Gasteiger partial charge on any atom is 0.129 e. The van der Waals surface area contributed by atoms with Crippen LogP contribution in [0.3, 0.4) is 0 Å². The molecule has 1 atom stereocenters. The van der Waals surface area contributed by atoms with Crippen molar-refractivity contribution in [2.24, 2.45) is 0 Å². The van der Waals surface area contributed by atoms with Crippen LogP contribution >= 0.6 is 11.6 Å². The van der Waals surface area contributed by atoms with Crippen LogP contribution in [0.5, 0.6) is 0 Å². The third-order valence-corrected chi connectivity index (χ3v) is 2.93. The normalized spacial score (nSPS) is 12.4. The lowest BCUT2D eigenvalue weighted by atomic mass is 9.98. The number of nitrogens with one attached hydrogen (secondary N) is 1. The molecule has 0 aliphatic rings. The quantitative estimate of drug-likeness (QED) is 0.873. The van der Waals surface area contributed by atoms with Gasteiger partial charge in [0, 0.05) is 10.6 Å². The van der Waals surface area contributed by atoms with Gasteiger partial charge in [-0.15, -0.1) is 0 Å². The topological polar surface area (TPSA) is 12.0 Å². The van der Waals surface area contributed by atoms with Crippen molar-refractivity contribution in [1.29, 1.82) is 0 Å². The van der Waals surface area contributed by atoms with E-state index < -0.39 is 0 Å². The zero-order valence-corrected chi connectivity index (χ0v) is 10.2. The molecule has 17 heavy (non-hydrogen) atoms. The first-order valence-electron chi connectivity index (χ1n) is 5.39. The summed E-state index contributed by atoms with van der Waals surface area (Å²) in [5.74, 6) is -0.291. The van der Waals surface area contributed by atoms with Gasteiger partial charge in [0.15, 0.2) is 0 Å². The van der Waals surface area contributed by atoms with Gasteiger partial charge in [-0.05, 0) is 24.7 Å². The molecule has 0 aromatic heterocycles. The minimum atomic E-state index is -0.291. The number of benzene rings is 2. The van der Waals surface area contributed by atoms with Crippen molar-refractivity contribution < 1.29 is 4.39 Å². The molecule has 1 unspecified atom stereocenters. The monoisotopic (exact) mass is 249 g/mol. The van der Waals surface area contributed by atoms with Crippen LogP contribution in [0.2, 0.25) is 5.02 Å². The minimum absolute atomic E-state index is 0.159. The van der Waals surface area contributed by atoms with Crippen molar-refractivity contribution in [3.63, 3.8) is 0 Å². The van der Waals surface area contributed by atoms with E-state index in [4.69, 9.17) is 11.6 Å². The summed E-state index contributed by atoms with van der Waals surface area (Å²) in [6.07, 6.45) is 0. The Kier molecular flexibility index (Phi) is 3.77. The summed E-state index contributed by atoms with van der Waals surface area (Å²) >= 11 is 5.75. The van der Waals surface area contributed by atoms with Crippen LogP contribution in [0.1, 0.15) is 17.2 Å². The van der Waals surface area contributed by atoms with E-state index in [1.165, 1.54) is 6.07 Å². The Labute approximate surface area is 105 Å². The van der Waals surface area contributed by atoms with Crippen molar-refractivity contribution in [3.05, 3.63) is 70.5 Å². The SMILES string of the molecule is CNC(c1ccccc1)c1ccc(Cl)cc1F. The second kappa shape index (κ2) is 5.30. The Morgan fingerprint density at radius 1 is 1.12 bits per heavy atom. The highest BCUT2D eigenvalue weighted by atomic mass is 35.5. The molecular weight excluding hydrogens is 237 g/mol. The van der Waals surface area contributed by atoms with Crippen LogP contribution in [-0.4, -0.2) is 7.05 Å². The van der Waals surface area contributed by atoms with E-state index >= 15 is 0 Å². The van der Waals surface area contributed by atoms with Gasteiger partial charge in [0.1, 0.15) is 5.82 Å². The standard InChI is InChI=1S/C14H13ClFN/c1-17-14(10-5-3-2-4-6-10)12-8-7-11(15)9-13(12)16/h2-9,14,17H,1H3. The predicted octanol–water partition coefficient (Wildman–Crippen LogP) is 3.79. The molecule has 0 spiro atoms. The van der Waals surface area contributed by atoms with Gasteiger partial charge in [-0.2, -0.15) is 0 Å². The van der Waals surface area contributed by atoms with E-state index in [9.17, 15) is 4.39 Å². The summed E-state index contributed by atoms with van der Waals surface area (Å²) in [6.45, 7) is 0. The summed E-state index contributed by atoms with van der Waals surface area (Å²) in [6, 6.07) is 14.3. The number of hydrogen-bond acceptors (Lipinski definition) is 1. The zero-order valence-electron chi connectivity index (χ0n) is 9.45. The molecule has 2 aromatic carbocycles. The lowest BCUT2D eigenvalue weighted by Crippen LogP contribution is -2.18. The molecule has 0 aliphatic heterocycles. The molecule has 1 N–H and O–H groups in total. The average molecular weight is 250 g/mol. The van der Waals surface area contributed by atoms with E-state index in [0.717, 1.165) is 5.56 Å².